The Balaban J connectivity index is 1.72. The van der Waals surface area contributed by atoms with Crippen LogP contribution in [0.25, 0.3) is 10.2 Å². The van der Waals surface area contributed by atoms with Crippen LogP contribution in [0.15, 0.2) is 23.2 Å². The summed E-state index contributed by atoms with van der Waals surface area (Å²) in [5.74, 6) is -2.55. The molecule has 0 spiro atoms. The van der Waals surface area contributed by atoms with Gasteiger partial charge >= 0.3 is 0 Å². The molecule has 0 aliphatic carbocycles. The Kier molecular flexibility index (Phi) is 6.34. The molecule has 2 aromatic rings. The zero-order valence-electron chi connectivity index (χ0n) is 16.2. The molecular weight excluding hydrogens is 398 g/mol. The van der Waals surface area contributed by atoms with E-state index in [9.17, 15) is 18.0 Å². The third-order valence-corrected chi connectivity index (χ3v) is 7.30. The highest BCUT2D eigenvalue weighted by atomic mass is 32.2. The molecule has 1 fully saturated rings. The van der Waals surface area contributed by atoms with Crippen molar-refractivity contribution in [3.63, 3.8) is 0 Å². The van der Waals surface area contributed by atoms with Crippen molar-refractivity contribution in [2.24, 2.45) is 12.0 Å². The van der Waals surface area contributed by atoms with Crippen LogP contribution in [0, 0.1) is 6.92 Å². The minimum atomic E-state index is -3.85. The summed E-state index contributed by atoms with van der Waals surface area (Å²) in [5, 5.41) is 0. The van der Waals surface area contributed by atoms with Crippen molar-refractivity contribution in [1.82, 2.24) is 9.47 Å². The van der Waals surface area contributed by atoms with Crippen molar-refractivity contribution >= 4 is 43.2 Å². The van der Waals surface area contributed by atoms with E-state index in [0.29, 0.717) is 17.9 Å². The molecule has 7 nitrogen and oxygen atoms in total. The minimum Gasteiger partial charge on any atom is -0.342 e. The predicted octanol–water partition coefficient (Wildman–Crippen LogP) is 1.79. The molecular formula is C19H25N3O4S2. The standard InChI is InChI=1S/C19H25N3O4S2/c1-14-7-8-15-16(11-14)27-19(21(15)2)20-17(23)12-28(25,26)13-18(24)22-9-5-3-4-6-10-22/h7-8,11H,3-6,9-10,12-13H2,1-2H3. The van der Waals surface area contributed by atoms with E-state index in [4.69, 9.17) is 0 Å². The van der Waals surface area contributed by atoms with Crippen molar-refractivity contribution in [1.29, 1.82) is 0 Å². The smallest absolute Gasteiger partial charge is 0.263 e. The van der Waals surface area contributed by atoms with Gasteiger partial charge in [-0.1, -0.05) is 30.2 Å². The molecule has 152 valence electrons. The van der Waals surface area contributed by atoms with Crippen LogP contribution in [0.5, 0.6) is 0 Å². The maximum Gasteiger partial charge on any atom is 0.263 e. The van der Waals surface area contributed by atoms with Gasteiger partial charge in [0.05, 0.1) is 10.2 Å². The molecule has 0 N–H and O–H groups in total. The average molecular weight is 424 g/mol. The normalized spacial score (nSPS) is 16.4. The molecule has 9 heteroatoms. The van der Waals surface area contributed by atoms with E-state index < -0.39 is 33.2 Å². The number of carbonyl (C=O) groups is 2. The second-order valence-electron chi connectivity index (χ2n) is 7.25. The molecule has 1 aliphatic heterocycles. The van der Waals surface area contributed by atoms with Gasteiger partial charge < -0.3 is 9.47 Å². The topological polar surface area (TPSA) is 88.8 Å². The van der Waals surface area contributed by atoms with Crippen molar-refractivity contribution in [3.05, 3.63) is 28.6 Å². The van der Waals surface area contributed by atoms with Crippen LogP contribution in [0.1, 0.15) is 31.2 Å². The number of nitrogens with zero attached hydrogens (tertiary/aromatic N) is 3. The first-order valence-corrected chi connectivity index (χ1v) is 12.0. The summed E-state index contributed by atoms with van der Waals surface area (Å²) in [6.45, 7) is 3.16. The van der Waals surface area contributed by atoms with Gasteiger partial charge in [0.2, 0.25) is 5.91 Å². The zero-order chi connectivity index (χ0) is 20.3. The van der Waals surface area contributed by atoms with Crippen LogP contribution in [0.3, 0.4) is 0 Å². The average Bonchev–Trinajstić information content (AvgIpc) is 2.79. The largest absolute Gasteiger partial charge is 0.342 e. The lowest BCUT2D eigenvalue weighted by Gasteiger charge is -2.19. The molecule has 2 heterocycles. The van der Waals surface area contributed by atoms with Crippen molar-refractivity contribution in [2.75, 3.05) is 24.6 Å². The first kappa shape index (κ1) is 20.7. The monoisotopic (exact) mass is 423 g/mol. The van der Waals surface area contributed by atoms with Gasteiger partial charge in [-0.3, -0.25) is 9.59 Å². The van der Waals surface area contributed by atoms with Crippen LogP contribution in [0.2, 0.25) is 0 Å². The fraction of sp³-hybridized carbons (Fsp3) is 0.526. The maximum atomic E-state index is 12.3. The van der Waals surface area contributed by atoms with Crippen molar-refractivity contribution in [2.45, 2.75) is 32.6 Å². The minimum absolute atomic E-state index is 0.419. The number of likely N-dealkylation sites (tertiary alicyclic amines) is 1. The third-order valence-electron chi connectivity index (χ3n) is 4.83. The predicted molar refractivity (Wildman–Crippen MR) is 110 cm³/mol. The van der Waals surface area contributed by atoms with Gasteiger partial charge in [-0.05, 0) is 37.5 Å². The lowest BCUT2D eigenvalue weighted by atomic mass is 10.2. The second kappa shape index (κ2) is 8.57. The SMILES string of the molecule is Cc1ccc2c(c1)sc(=NC(=O)CS(=O)(=O)CC(=O)N1CCCCCC1)n2C. The van der Waals surface area contributed by atoms with Gasteiger partial charge in [0, 0.05) is 20.1 Å². The molecule has 3 rings (SSSR count). The number of hydrogen-bond donors (Lipinski definition) is 0. The Morgan fingerprint density at radius 2 is 1.79 bits per heavy atom. The van der Waals surface area contributed by atoms with Crippen LogP contribution >= 0.6 is 11.3 Å². The van der Waals surface area contributed by atoms with E-state index in [1.165, 1.54) is 11.3 Å². The highest BCUT2D eigenvalue weighted by Crippen LogP contribution is 2.18. The summed E-state index contributed by atoms with van der Waals surface area (Å²) < 4.78 is 27.4. The summed E-state index contributed by atoms with van der Waals surface area (Å²) in [6.07, 6.45) is 3.89. The highest BCUT2D eigenvalue weighted by molar-refractivity contribution is 7.92. The van der Waals surface area contributed by atoms with E-state index >= 15 is 0 Å². The first-order chi connectivity index (χ1) is 13.2. The Bertz CT molecular complexity index is 1060. The number of sulfone groups is 1. The lowest BCUT2D eigenvalue weighted by Crippen LogP contribution is -2.37. The van der Waals surface area contributed by atoms with E-state index in [0.717, 1.165) is 41.5 Å². The number of hydrogen-bond acceptors (Lipinski definition) is 5. The number of aromatic nitrogens is 1. The molecule has 1 aliphatic rings. The van der Waals surface area contributed by atoms with Crippen LogP contribution in [0.4, 0.5) is 0 Å². The molecule has 2 amide bonds. The maximum absolute atomic E-state index is 12.3. The lowest BCUT2D eigenvalue weighted by molar-refractivity contribution is -0.128. The van der Waals surface area contributed by atoms with E-state index in [1.54, 1.807) is 16.5 Å². The van der Waals surface area contributed by atoms with Gasteiger partial charge in [0.1, 0.15) is 11.5 Å². The number of aryl methyl sites for hydroxylation is 2. The summed E-state index contributed by atoms with van der Waals surface area (Å²) in [6, 6.07) is 5.92. The number of benzene rings is 1. The molecule has 0 unspecified atom stereocenters. The second-order valence-corrected chi connectivity index (χ2v) is 10.3. The van der Waals surface area contributed by atoms with E-state index in [2.05, 4.69) is 4.99 Å². The number of amides is 2. The summed E-state index contributed by atoms with van der Waals surface area (Å²) in [5.41, 5.74) is 2.03. The molecule has 1 aromatic carbocycles. The Morgan fingerprint density at radius 1 is 1.11 bits per heavy atom. The number of fused-ring (bicyclic) bond motifs is 1. The van der Waals surface area contributed by atoms with Gasteiger partial charge in [0.25, 0.3) is 5.91 Å². The summed E-state index contributed by atoms with van der Waals surface area (Å²) in [7, 11) is -2.06. The summed E-state index contributed by atoms with van der Waals surface area (Å²) in [4.78, 5) is 30.6. The van der Waals surface area contributed by atoms with E-state index in [1.807, 2.05) is 25.1 Å². The van der Waals surface area contributed by atoms with E-state index in [-0.39, 0.29) is 0 Å². The Hall–Kier alpha value is -2.00. The summed E-state index contributed by atoms with van der Waals surface area (Å²) >= 11 is 1.34. The fourth-order valence-corrected chi connectivity index (χ4v) is 5.56. The third kappa shape index (κ3) is 5.08. The quantitative estimate of drug-likeness (QED) is 0.750. The molecule has 0 radical (unpaired) electrons. The van der Waals surface area contributed by atoms with Crippen molar-refractivity contribution in [3.8, 4) is 0 Å². The molecule has 0 atom stereocenters. The first-order valence-electron chi connectivity index (χ1n) is 9.37. The van der Waals surface area contributed by atoms with Crippen LogP contribution < -0.4 is 4.80 Å². The number of rotatable bonds is 4. The molecule has 0 bridgehead atoms. The Morgan fingerprint density at radius 3 is 2.46 bits per heavy atom. The van der Waals surface area contributed by atoms with Crippen LogP contribution in [-0.2, 0) is 26.5 Å². The van der Waals surface area contributed by atoms with Gasteiger partial charge in [-0.25, -0.2) is 8.42 Å². The number of thiazole rings is 1. The van der Waals surface area contributed by atoms with Crippen LogP contribution in [-0.4, -0.2) is 54.3 Å². The van der Waals surface area contributed by atoms with Gasteiger partial charge in [-0.2, -0.15) is 4.99 Å². The van der Waals surface area contributed by atoms with Crippen molar-refractivity contribution < 1.29 is 18.0 Å². The molecule has 1 saturated heterocycles. The molecule has 28 heavy (non-hydrogen) atoms. The number of carbonyl (C=O) groups excluding carboxylic acids is 2. The Labute approximate surface area is 168 Å². The fourth-order valence-electron chi connectivity index (χ4n) is 3.33. The molecule has 0 saturated carbocycles. The highest BCUT2D eigenvalue weighted by Gasteiger charge is 2.25. The van der Waals surface area contributed by atoms with Gasteiger partial charge in [-0.15, -0.1) is 0 Å². The molecule has 1 aromatic heterocycles. The van der Waals surface area contributed by atoms with Gasteiger partial charge in [0.15, 0.2) is 14.6 Å². The zero-order valence-corrected chi connectivity index (χ0v) is 17.8.